The molecule has 0 radical (unpaired) electrons. The van der Waals surface area contributed by atoms with Crippen LogP contribution >= 0.6 is 11.6 Å². The van der Waals surface area contributed by atoms with Crippen molar-refractivity contribution in [3.8, 4) is 0 Å². The lowest BCUT2D eigenvalue weighted by Crippen LogP contribution is -2.43. The second kappa shape index (κ2) is 8.29. The second-order valence-corrected chi connectivity index (χ2v) is 6.78. The Bertz CT molecular complexity index is 782. The molecule has 2 aromatic carbocycles. The van der Waals surface area contributed by atoms with E-state index in [1.807, 2.05) is 19.1 Å². The van der Waals surface area contributed by atoms with Crippen molar-refractivity contribution in [1.82, 2.24) is 9.91 Å². The molecule has 136 valence electrons. The van der Waals surface area contributed by atoms with Gasteiger partial charge in [-0.05, 0) is 42.3 Å². The molecular weight excluding hydrogens is 352 g/mol. The zero-order valence-corrected chi connectivity index (χ0v) is 15.4. The van der Waals surface area contributed by atoms with E-state index in [-0.39, 0.29) is 5.69 Å². The fourth-order valence-electron chi connectivity index (χ4n) is 2.94. The van der Waals surface area contributed by atoms with E-state index in [0.717, 1.165) is 49.0 Å². The average Bonchev–Trinajstić information content (AvgIpc) is 2.65. The van der Waals surface area contributed by atoms with Crippen LogP contribution in [0.5, 0.6) is 0 Å². The van der Waals surface area contributed by atoms with Gasteiger partial charge in [-0.15, -0.1) is 0 Å². The van der Waals surface area contributed by atoms with Crippen LogP contribution < -0.4 is 0 Å². The molecule has 1 heterocycles. The SMILES string of the molecule is C/C(=N/N1CCN(Cc2ccc(Cl)cc2)CC1)c1ccc([N+](=O)[O-])cc1. The molecule has 0 bridgehead atoms. The number of nitro benzene ring substituents is 1. The number of non-ortho nitro benzene ring substituents is 1. The van der Waals surface area contributed by atoms with Crippen molar-refractivity contribution >= 4 is 23.0 Å². The Morgan fingerprint density at radius 3 is 2.27 bits per heavy atom. The van der Waals surface area contributed by atoms with E-state index in [4.69, 9.17) is 11.6 Å². The monoisotopic (exact) mass is 372 g/mol. The Kier molecular flexibility index (Phi) is 5.85. The van der Waals surface area contributed by atoms with Crippen LogP contribution in [0, 0.1) is 10.1 Å². The van der Waals surface area contributed by atoms with E-state index in [0.29, 0.717) is 0 Å². The summed E-state index contributed by atoms with van der Waals surface area (Å²) in [5, 5.41) is 18.2. The van der Waals surface area contributed by atoms with Crippen molar-refractivity contribution in [1.29, 1.82) is 0 Å². The van der Waals surface area contributed by atoms with Gasteiger partial charge in [0.2, 0.25) is 0 Å². The summed E-state index contributed by atoms with van der Waals surface area (Å²) in [5.74, 6) is 0. The van der Waals surface area contributed by atoms with Crippen LogP contribution in [-0.4, -0.2) is 46.7 Å². The molecule has 26 heavy (non-hydrogen) atoms. The van der Waals surface area contributed by atoms with E-state index in [2.05, 4.69) is 27.1 Å². The molecule has 3 rings (SSSR count). The van der Waals surface area contributed by atoms with E-state index in [1.54, 1.807) is 12.1 Å². The first-order valence-electron chi connectivity index (χ1n) is 8.53. The van der Waals surface area contributed by atoms with Crippen molar-refractivity contribution in [3.05, 3.63) is 74.8 Å². The van der Waals surface area contributed by atoms with Gasteiger partial charge in [0.1, 0.15) is 0 Å². The van der Waals surface area contributed by atoms with E-state index in [9.17, 15) is 10.1 Å². The van der Waals surface area contributed by atoms with E-state index >= 15 is 0 Å². The van der Waals surface area contributed by atoms with Crippen molar-refractivity contribution in [2.45, 2.75) is 13.5 Å². The molecule has 0 aliphatic carbocycles. The Hall–Kier alpha value is -2.44. The highest BCUT2D eigenvalue weighted by Crippen LogP contribution is 2.15. The maximum absolute atomic E-state index is 10.7. The number of benzene rings is 2. The third kappa shape index (κ3) is 4.80. The Morgan fingerprint density at radius 1 is 1.08 bits per heavy atom. The smallest absolute Gasteiger partial charge is 0.269 e. The van der Waals surface area contributed by atoms with Crippen LogP contribution in [-0.2, 0) is 6.54 Å². The Morgan fingerprint density at radius 2 is 1.69 bits per heavy atom. The summed E-state index contributed by atoms with van der Waals surface area (Å²) in [6.45, 7) is 6.45. The predicted molar refractivity (Wildman–Crippen MR) is 104 cm³/mol. The highest BCUT2D eigenvalue weighted by molar-refractivity contribution is 6.30. The minimum atomic E-state index is -0.393. The summed E-state index contributed by atoms with van der Waals surface area (Å²) in [4.78, 5) is 12.7. The molecule has 0 N–H and O–H groups in total. The molecule has 0 saturated carbocycles. The van der Waals surface area contributed by atoms with Crippen molar-refractivity contribution in [3.63, 3.8) is 0 Å². The summed E-state index contributed by atoms with van der Waals surface area (Å²) < 4.78 is 0. The van der Waals surface area contributed by atoms with Gasteiger partial charge in [-0.25, -0.2) is 0 Å². The molecule has 0 spiro atoms. The topological polar surface area (TPSA) is 62.0 Å². The molecule has 6 nitrogen and oxygen atoms in total. The lowest BCUT2D eigenvalue weighted by Gasteiger charge is -2.33. The molecule has 1 aliphatic rings. The number of nitrogens with zero attached hydrogens (tertiary/aromatic N) is 4. The molecule has 0 amide bonds. The fraction of sp³-hybridized carbons (Fsp3) is 0.316. The largest absolute Gasteiger partial charge is 0.295 e. The maximum Gasteiger partial charge on any atom is 0.269 e. The van der Waals surface area contributed by atoms with Crippen LogP contribution in [0.25, 0.3) is 0 Å². The molecule has 1 saturated heterocycles. The van der Waals surface area contributed by atoms with Crippen LogP contribution in [0.4, 0.5) is 5.69 Å². The molecule has 7 heteroatoms. The molecule has 0 atom stereocenters. The summed E-state index contributed by atoms with van der Waals surface area (Å²) in [6, 6.07) is 14.5. The van der Waals surface area contributed by atoms with Gasteiger partial charge in [0.15, 0.2) is 0 Å². The number of hydrogen-bond donors (Lipinski definition) is 0. The fourth-order valence-corrected chi connectivity index (χ4v) is 3.06. The third-order valence-electron chi connectivity index (χ3n) is 4.46. The molecule has 1 fully saturated rings. The number of halogens is 1. The van der Waals surface area contributed by atoms with Gasteiger partial charge in [0.25, 0.3) is 5.69 Å². The number of nitro groups is 1. The van der Waals surface area contributed by atoms with Gasteiger partial charge in [-0.2, -0.15) is 5.10 Å². The predicted octanol–water partition coefficient (Wildman–Crippen LogP) is 3.79. The molecule has 0 unspecified atom stereocenters. The highest BCUT2D eigenvalue weighted by atomic mass is 35.5. The third-order valence-corrected chi connectivity index (χ3v) is 4.71. The summed E-state index contributed by atoms with van der Waals surface area (Å²) in [5.41, 5.74) is 3.12. The van der Waals surface area contributed by atoms with Crippen LogP contribution in [0.3, 0.4) is 0 Å². The first-order valence-corrected chi connectivity index (χ1v) is 8.91. The van der Waals surface area contributed by atoms with Crippen molar-refractivity contribution in [2.24, 2.45) is 5.10 Å². The van der Waals surface area contributed by atoms with Crippen molar-refractivity contribution in [2.75, 3.05) is 26.2 Å². The minimum Gasteiger partial charge on any atom is -0.295 e. The highest BCUT2D eigenvalue weighted by Gasteiger charge is 2.16. The normalized spacial score (nSPS) is 15.9. The van der Waals surface area contributed by atoms with E-state index < -0.39 is 4.92 Å². The molecular formula is C19H21ClN4O2. The van der Waals surface area contributed by atoms with Crippen LogP contribution in [0.1, 0.15) is 18.1 Å². The molecule has 1 aliphatic heterocycles. The Balaban J connectivity index is 1.54. The van der Waals surface area contributed by atoms with Gasteiger partial charge >= 0.3 is 0 Å². The summed E-state index contributed by atoms with van der Waals surface area (Å²) in [6.07, 6.45) is 0. The number of hydrazone groups is 1. The standard InChI is InChI=1S/C19H21ClN4O2/c1-15(17-4-8-19(9-5-17)24(25)26)21-23-12-10-22(11-13-23)14-16-2-6-18(20)7-3-16/h2-9H,10-14H2,1H3/b21-15-. The number of piperazine rings is 1. The minimum absolute atomic E-state index is 0.0948. The first-order chi connectivity index (χ1) is 12.5. The average molecular weight is 373 g/mol. The van der Waals surface area contributed by atoms with Crippen LogP contribution in [0.2, 0.25) is 5.02 Å². The summed E-state index contributed by atoms with van der Waals surface area (Å²) >= 11 is 5.93. The zero-order chi connectivity index (χ0) is 18.5. The van der Waals surface area contributed by atoms with Crippen molar-refractivity contribution < 1.29 is 4.92 Å². The summed E-state index contributed by atoms with van der Waals surface area (Å²) in [7, 11) is 0. The van der Waals surface area contributed by atoms with Crippen LogP contribution in [0.15, 0.2) is 53.6 Å². The van der Waals surface area contributed by atoms with Gasteiger partial charge in [0.05, 0.1) is 10.6 Å². The molecule has 0 aromatic heterocycles. The lowest BCUT2D eigenvalue weighted by molar-refractivity contribution is -0.384. The second-order valence-electron chi connectivity index (χ2n) is 6.35. The first kappa shape index (κ1) is 18.4. The lowest BCUT2D eigenvalue weighted by atomic mass is 10.1. The van der Waals surface area contributed by atoms with Gasteiger partial charge in [-0.3, -0.25) is 20.0 Å². The number of rotatable bonds is 5. The van der Waals surface area contributed by atoms with Gasteiger partial charge in [-0.1, -0.05) is 23.7 Å². The quantitative estimate of drug-likeness (QED) is 0.455. The number of hydrogen-bond acceptors (Lipinski definition) is 5. The Labute approximate surface area is 157 Å². The van der Waals surface area contributed by atoms with E-state index in [1.165, 1.54) is 17.7 Å². The van der Waals surface area contributed by atoms with Gasteiger partial charge < -0.3 is 0 Å². The van der Waals surface area contributed by atoms with Gasteiger partial charge in [0, 0.05) is 49.9 Å². The maximum atomic E-state index is 10.7. The molecule has 2 aromatic rings. The zero-order valence-electron chi connectivity index (χ0n) is 14.6.